The van der Waals surface area contributed by atoms with Gasteiger partial charge in [-0.15, -0.1) is 0 Å². The predicted molar refractivity (Wildman–Crippen MR) is 59.4 cm³/mol. The first-order valence-electron chi connectivity index (χ1n) is 4.87. The highest BCUT2D eigenvalue weighted by Gasteiger charge is 2.36. The van der Waals surface area contributed by atoms with E-state index < -0.39 is 0 Å². The van der Waals surface area contributed by atoms with Crippen molar-refractivity contribution in [1.82, 2.24) is 8.43 Å². The minimum absolute atomic E-state index is 0.422. The lowest BCUT2D eigenvalue weighted by Gasteiger charge is -2.35. The van der Waals surface area contributed by atoms with Crippen LogP contribution in [0.25, 0.3) is 0 Å². The molecule has 70 valence electrons. The van der Waals surface area contributed by atoms with Crippen molar-refractivity contribution in [2.24, 2.45) is 0 Å². The molecule has 2 aliphatic rings. The van der Waals surface area contributed by atoms with Crippen LogP contribution >= 0.6 is 22.9 Å². The van der Waals surface area contributed by atoms with Gasteiger partial charge < -0.3 is 5.32 Å². The second kappa shape index (κ2) is 3.42. The summed E-state index contributed by atoms with van der Waals surface area (Å²) in [6, 6.07) is 0.798. The van der Waals surface area contributed by atoms with Crippen molar-refractivity contribution in [3.05, 3.63) is 0 Å². The first-order chi connectivity index (χ1) is 5.71. The van der Waals surface area contributed by atoms with Crippen LogP contribution in [-0.2, 0) is 0 Å². The monoisotopic (exact) mass is 280 g/mol. The molecule has 2 nitrogen and oxygen atoms in total. The third-order valence-corrected chi connectivity index (χ3v) is 4.95. The number of halogens is 1. The third-order valence-electron chi connectivity index (χ3n) is 3.30. The van der Waals surface area contributed by atoms with E-state index >= 15 is 0 Å². The molecule has 2 unspecified atom stereocenters. The maximum absolute atomic E-state index is 3.67. The molecule has 2 saturated heterocycles. The lowest BCUT2D eigenvalue weighted by molar-refractivity contribution is 0.240. The predicted octanol–water partition coefficient (Wildman–Crippen LogP) is 1.94. The van der Waals surface area contributed by atoms with Crippen LogP contribution in [0.1, 0.15) is 32.6 Å². The maximum Gasteiger partial charge on any atom is 0.0401 e. The molecule has 0 aliphatic carbocycles. The number of rotatable bonds is 0. The molecule has 0 aromatic heterocycles. The van der Waals surface area contributed by atoms with Crippen LogP contribution in [0.3, 0.4) is 0 Å². The lowest BCUT2D eigenvalue weighted by atomic mass is 9.94. The van der Waals surface area contributed by atoms with Crippen LogP contribution in [0.5, 0.6) is 0 Å². The third kappa shape index (κ3) is 1.63. The Morgan fingerprint density at radius 3 is 3.17 bits per heavy atom. The van der Waals surface area contributed by atoms with Crippen molar-refractivity contribution < 1.29 is 0 Å². The molecule has 2 fully saturated rings. The highest BCUT2D eigenvalue weighted by atomic mass is 127. The van der Waals surface area contributed by atoms with Crippen molar-refractivity contribution >= 4 is 22.9 Å². The van der Waals surface area contributed by atoms with E-state index in [0.29, 0.717) is 5.54 Å². The summed E-state index contributed by atoms with van der Waals surface area (Å²) in [5.74, 6) is 0. The summed E-state index contributed by atoms with van der Waals surface area (Å²) in [5, 5.41) is 3.67. The van der Waals surface area contributed by atoms with Gasteiger partial charge in [-0.25, -0.2) is 3.11 Å². The zero-order valence-corrected chi connectivity index (χ0v) is 9.80. The molecule has 12 heavy (non-hydrogen) atoms. The van der Waals surface area contributed by atoms with E-state index in [9.17, 15) is 0 Å². The fourth-order valence-electron chi connectivity index (χ4n) is 2.28. The molecule has 1 N–H and O–H groups in total. The van der Waals surface area contributed by atoms with Gasteiger partial charge in [0.1, 0.15) is 0 Å². The lowest BCUT2D eigenvalue weighted by Crippen LogP contribution is -2.45. The van der Waals surface area contributed by atoms with Gasteiger partial charge in [0.15, 0.2) is 0 Å². The largest absolute Gasteiger partial charge is 0.312 e. The van der Waals surface area contributed by atoms with E-state index in [1.807, 2.05) is 0 Å². The molecule has 0 saturated carbocycles. The standard InChI is InChI=1S/C9H17IN2/c1-9-5-2-3-8(11-7-9)4-6-12(9)10/h8,11H,2-7H2,1H3. The Bertz CT molecular complexity index is 174. The van der Waals surface area contributed by atoms with Crippen molar-refractivity contribution in [3.63, 3.8) is 0 Å². The summed E-state index contributed by atoms with van der Waals surface area (Å²) in [6.45, 7) is 4.83. The molecule has 2 bridgehead atoms. The van der Waals surface area contributed by atoms with Gasteiger partial charge in [-0.2, -0.15) is 0 Å². The zero-order valence-electron chi connectivity index (χ0n) is 7.65. The van der Waals surface area contributed by atoms with Crippen molar-refractivity contribution in [2.45, 2.75) is 44.2 Å². The summed E-state index contributed by atoms with van der Waals surface area (Å²) in [6.07, 6.45) is 5.48. The second-order valence-electron chi connectivity index (χ2n) is 4.34. The van der Waals surface area contributed by atoms with E-state index in [4.69, 9.17) is 0 Å². The number of hydrogen-bond acceptors (Lipinski definition) is 2. The van der Waals surface area contributed by atoms with Gasteiger partial charge in [0, 0.05) is 47.5 Å². The highest BCUT2D eigenvalue weighted by molar-refractivity contribution is 14.1. The van der Waals surface area contributed by atoms with E-state index in [0.717, 1.165) is 6.04 Å². The Kier molecular flexibility index (Phi) is 2.63. The van der Waals surface area contributed by atoms with Crippen LogP contribution in [0.15, 0.2) is 0 Å². The highest BCUT2D eigenvalue weighted by Crippen LogP contribution is 2.32. The van der Waals surface area contributed by atoms with E-state index in [1.165, 1.54) is 38.8 Å². The average molecular weight is 280 g/mol. The molecular weight excluding hydrogens is 263 g/mol. The van der Waals surface area contributed by atoms with Gasteiger partial charge >= 0.3 is 0 Å². The van der Waals surface area contributed by atoms with Gasteiger partial charge in [0.2, 0.25) is 0 Å². The van der Waals surface area contributed by atoms with E-state index in [1.54, 1.807) is 0 Å². The minimum atomic E-state index is 0.422. The van der Waals surface area contributed by atoms with Crippen LogP contribution in [-0.4, -0.2) is 27.8 Å². The zero-order chi connectivity index (χ0) is 8.60. The van der Waals surface area contributed by atoms with Crippen LogP contribution in [0.2, 0.25) is 0 Å². The number of fused-ring (bicyclic) bond motifs is 3. The van der Waals surface area contributed by atoms with Crippen LogP contribution in [0.4, 0.5) is 0 Å². The summed E-state index contributed by atoms with van der Waals surface area (Å²) in [4.78, 5) is 0. The second-order valence-corrected chi connectivity index (χ2v) is 5.51. The summed E-state index contributed by atoms with van der Waals surface area (Å²) in [7, 11) is 0. The van der Waals surface area contributed by atoms with Crippen LogP contribution < -0.4 is 5.32 Å². The molecule has 3 heteroatoms. The Morgan fingerprint density at radius 1 is 1.50 bits per heavy atom. The van der Waals surface area contributed by atoms with Crippen molar-refractivity contribution in [1.29, 1.82) is 0 Å². The fourth-order valence-corrected chi connectivity index (χ4v) is 2.97. The molecule has 0 spiro atoms. The Balaban J connectivity index is 2.17. The van der Waals surface area contributed by atoms with Gasteiger partial charge in [-0.05, 0) is 32.6 Å². The quantitative estimate of drug-likeness (QED) is 0.539. The summed E-state index contributed by atoms with van der Waals surface area (Å²) < 4.78 is 2.51. The van der Waals surface area contributed by atoms with Crippen LogP contribution in [0, 0.1) is 0 Å². The topological polar surface area (TPSA) is 15.3 Å². The SMILES string of the molecule is CC12CCCC(CCN1I)NC2. The Labute approximate surface area is 88.6 Å². The first-order valence-corrected chi connectivity index (χ1v) is 5.84. The minimum Gasteiger partial charge on any atom is -0.312 e. The number of nitrogens with zero attached hydrogens (tertiary/aromatic N) is 1. The molecule has 2 atom stereocenters. The molecule has 0 amide bonds. The van der Waals surface area contributed by atoms with Gasteiger partial charge in [0.05, 0.1) is 0 Å². The normalized spacial score (nSPS) is 44.0. The average Bonchev–Trinajstić information content (AvgIpc) is 2.29. The number of hydrogen-bond donors (Lipinski definition) is 1. The van der Waals surface area contributed by atoms with Crippen molar-refractivity contribution in [2.75, 3.05) is 13.1 Å². The molecule has 0 radical (unpaired) electrons. The van der Waals surface area contributed by atoms with Gasteiger partial charge in [-0.1, -0.05) is 0 Å². The summed E-state index contributed by atoms with van der Waals surface area (Å²) in [5.41, 5.74) is 0.422. The van der Waals surface area contributed by atoms with Gasteiger partial charge in [-0.3, -0.25) is 0 Å². The van der Waals surface area contributed by atoms with Gasteiger partial charge in [0.25, 0.3) is 0 Å². The van der Waals surface area contributed by atoms with E-state index in [2.05, 4.69) is 38.2 Å². The molecule has 2 aliphatic heterocycles. The fraction of sp³-hybridized carbons (Fsp3) is 1.00. The smallest absolute Gasteiger partial charge is 0.0401 e. The number of nitrogens with one attached hydrogen (secondary N) is 1. The molecular formula is C9H17IN2. The molecule has 0 aromatic rings. The van der Waals surface area contributed by atoms with E-state index in [-0.39, 0.29) is 0 Å². The van der Waals surface area contributed by atoms with Crippen molar-refractivity contribution in [3.8, 4) is 0 Å². The maximum atomic E-state index is 3.67. The first kappa shape index (κ1) is 9.21. The molecule has 2 rings (SSSR count). The summed E-state index contributed by atoms with van der Waals surface area (Å²) >= 11 is 2.50. The molecule has 2 heterocycles. The molecule has 0 aromatic carbocycles. The Hall–Kier alpha value is 0.650. The Morgan fingerprint density at radius 2 is 2.33 bits per heavy atom.